The third-order valence-corrected chi connectivity index (χ3v) is 6.60. The Balaban J connectivity index is 1.87. The normalized spacial score (nSPS) is 16.8. The van der Waals surface area contributed by atoms with Crippen molar-refractivity contribution in [3.8, 4) is 0 Å². The maximum Gasteiger partial charge on any atom is 0.255 e. The van der Waals surface area contributed by atoms with Crippen LogP contribution in [0, 0.1) is 0 Å². The number of amides is 1. The number of carbonyl (C=O) groups excluding carboxylic acids is 1. The number of rotatable bonds is 3. The molecule has 1 saturated heterocycles. The molecule has 144 valence electrons. The quantitative estimate of drug-likeness (QED) is 0.861. The molecule has 0 bridgehead atoms. The molecule has 0 aliphatic carbocycles. The Morgan fingerprint density at radius 2 is 1.78 bits per heavy atom. The number of carbonyl (C=O) groups is 1. The Labute approximate surface area is 161 Å². The smallest absolute Gasteiger partial charge is 0.255 e. The topological polar surface area (TPSA) is 66.5 Å². The van der Waals surface area contributed by atoms with Gasteiger partial charge in [0.1, 0.15) is 0 Å². The van der Waals surface area contributed by atoms with E-state index in [1.807, 2.05) is 24.3 Å². The molecule has 1 aliphatic rings. The molecule has 1 fully saturated rings. The van der Waals surface area contributed by atoms with Gasteiger partial charge < -0.3 is 5.32 Å². The maximum absolute atomic E-state index is 12.8. The van der Waals surface area contributed by atoms with E-state index in [1.165, 1.54) is 4.31 Å². The van der Waals surface area contributed by atoms with Gasteiger partial charge in [0, 0.05) is 17.8 Å². The lowest BCUT2D eigenvalue weighted by atomic mass is 9.86. The summed E-state index contributed by atoms with van der Waals surface area (Å²) < 4.78 is 26.1. The van der Waals surface area contributed by atoms with Crippen LogP contribution >= 0.6 is 0 Å². The van der Waals surface area contributed by atoms with Crippen molar-refractivity contribution in [1.29, 1.82) is 0 Å². The lowest BCUT2D eigenvalue weighted by molar-refractivity contribution is 0.102. The fourth-order valence-electron chi connectivity index (χ4n) is 3.32. The molecule has 0 radical (unpaired) electrons. The second-order valence-electron chi connectivity index (χ2n) is 7.90. The van der Waals surface area contributed by atoms with Gasteiger partial charge in [0.25, 0.3) is 5.91 Å². The first-order valence-electron chi connectivity index (χ1n) is 9.20. The van der Waals surface area contributed by atoms with Crippen molar-refractivity contribution in [3.05, 3.63) is 59.7 Å². The van der Waals surface area contributed by atoms with Crippen molar-refractivity contribution in [2.75, 3.05) is 21.9 Å². The van der Waals surface area contributed by atoms with Crippen molar-refractivity contribution in [2.45, 2.75) is 39.0 Å². The van der Waals surface area contributed by atoms with Crippen LogP contribution in [0.1, 0.15) is 49.5 Å². The minimum atomic E-state index is -3.30. The first-order chi connectivity index (χ1) is 12.7. The largest absolute Gasteiger partial charge is 0.322 e. The van der Waals surface area contributed by atoms with Crippen LogP contribution in [0.4, 0.5) is 11.4 Å². The Bertz CT molecular complexity index is 946. The highest BCUT2D eigenvalue weighted by Gasteiger charge is 2.26. The third kappa shape index (κ3) is 4.33. The van der Waals surface area contributed by atoms with E-state index in [-0.39, 0.29) is 17.1 Å². The molecule has 0 spiro atoms. The van der Waals surface area contributed by atoms with Crippen LogP contribution in [0.25, 0.3) is 0 Å². The molecule has 0 aromatic heterocycles. The monoisotopic (exact) mass is 386 g/mol. The highest BCUT2D eigenvalue weighted by Crippen LogP contribution is 2.30. The first kappa shape index (κ1) is 19.4. The summed E-state index contributed by atoms with van der Waals surface area (Å²) in [7, 11) is -3.30. The molecule has 2 aromatic carbocycles. The van der Waals surface area contributed by atoms with Crippen molar-refractivity contribution >= 4 is 27.3 Å². The molecule has 2 aromatic rings. The summed E-state index contributed by atoms with van der Waals surface area (Å²) in [5.41, 5.74) is 2.70. The molecule has 1 N–H and O–H groups in total. The minimum Gasteiger partial charge on any atom is -0.322 e. The van der Waals surface area contributed by atoms with Gasteiger partial charge in [0.2, 0.25) is 10.0 Å². The molecular weight excluding hydrogens is 360 g/mol. The second-order valence-corrected chi connectivity index (χ2v) is 9.91. The van der Waals surface area contributed by atoms with E-state index >= 15 is 0 Å². The van der Waals surface area contributed by atoms with E-state index in [4.69, 9.17) is 0 Å². The lowest BCUT2D eigenvalue weighted by Crippen LogP contribution is -2.37. The van der Waals surface area contributed by atoms with Crippen LogP contribution in [-0.2, 0) is 15.4 Å². The van der Waals surface area contributed by atoms with E-state index in [2.05, 4.69) is 26.1 Å². The van der Waals surface area contributed by atoms with Crippen LogP contribution < -0.4 is 9.62 Å². The number of hydrogen-bond acceptors (Lipinski definition) is 3. The van der Waals surface area contributed by atoms with Crippen molar-refractivity contribution < 1.29 is 13.2 Å². The lowest BCUT2D eigenvalue weighted by Gasteiger charge is -2.28. The highest BCUT2D eigenvalue weighted by molar-refractivity contribution is 7.92. The van der Waals surface area contributed by atoms with Gasteiger partial charge in [-0.1, -0.05) is 45.0 Å². The predicted molar refractivity (Wildman–Crippen MR) is 110 cm³/mol. The number of anilines is 2. The molecule has 6 heteroatoms. The Hall–Kier alpha value is -2.34. The number of para-hydroxylation sites is 1. The first-order valence-corrected chi connectivity index (χ1v) is 10.8. The van der Waals surface area contributed by atoms with Crippen LogP contribution in [0.15, 0.2) is 48.5 Å². The van der Waals surface area contributed by atoms with Crippen LogP contribution in [0.2, 0.25) is 0 Å². The molecule has 1 aliphatic heterocycles. The van der Waals surface area contributed by atoms with Gasteiger partial charge in [0.15, 0.2) is 0 Å². The zero-order chi connectivity index (χ0) is 19.7. The highest BCUT2D eigenvalue weighted by atomic mass is 32.2. The molecule has 1 heterocycles. The molecule has 0 atom stereocenters. The number of hydrogen-bond donors (Lipinski definition) is 1. The maximum atomic E-state index is 12.8. The third-order valence-electron chi connectivity index (χ3n) is 4.73. The summed E-state index contributed by atoms with van der Waals surface area (Å²) in [6.07, 6.45) is 1.51. The predicted octanol–water partition coefficient (Wildman–Crippen LogP) is 4.17. The molecule has 0 unspecified atom stereocenters. The van der Waals surface area contributed by atoms with E-state index in [0.29, 0.717) is 24.2 Å². The van der Waals surface area contributed by atoms with E-state index in [1.54, 1.807) is 24.3 Å². The standard InChI is InChI=1S/C21H26N2O3S/c1-21(2,3)18-11-4-5-12-19(18)22-20(24)16-9-8-10-17(15-16)23-13-6-7-14-27(23,25)26/h4-5,8-12,15H,6-7,13-14H2,1-3H3,(H,22,24). The Morgan fingerprint density at radius 1 is 1.04 bits per heavy atom. The zero-order valence-corrected chi connectivity index (χ0v) is 16.8. The fraction of sp³-hybridized carbons (Fsp3) is 0.381. The van der Waals surface area contributed by atoms with Crippen LogP contribution in [0.5, 0.6) is 0 Å². The summed E-state index contributed by atoms with van der Waals surface area (Å²) in [6.45, 7) is 6.75. The van der Waals surface area contributed by atoms with Crippen molar-refractivity contribution in [1.82, 2.24) is 0 Å². The number of sulfonamides is 1. The average molecular weight is 387 g/mol. The summed E-state index contributed by atoms with van der Waals surface area (Å²) in [5, 5.41) is 2.98. The van der Waals surface area contributed by atoms with Crippen molar-refractivity contribution in [2.24, 2.45) is 0 Å². The van der Waals surface area contributed by atoms with Crippen LogP contribution in [0.3, 0.4) is 0 Å². The van der Waals surface area contributed by atoms with Gasteiger partial charge in [-0.3, -0.25) is 9.10 Å². The summed E-state index contributed by atoms with van der Waals surface area (Å²) >= 11 is 0. The van der Waals surface area contributed by atoms with E-state index in [0.717, 1.165) is 17.7 Å². The summed E-state index contributed by atoms with van der Waals surface area (Å²) in [4.78, 5) is 12.8. The number of nitrogens with zero attached hydrogens (tertiary/aromatic N) is 1. The van der Waals surface area contributed by atoms with E-state index < -0.39 is 10.0 Å². The van der Waals surface area contributed by atoms with Gasteiger partial charge in [-0.2, -0.15) is 0 Å². The zero-order valence-electron chi connectivity index (χ0n) is 16.0. The molecule has 5 nitrogen and oxygen atoms in total. The molecule has 1 amide bonds. The molecule has 3 rings (SSSR count). The second kappa shape index (κ2) is 7.35. The minimum absolute atomic E-state index is 0.104. The van der Waals surface area contributed by atoms with Gasteiger partial charge in [0.05, 0.1) is 11.4 Å². The fourth-order valence-corrected chi connectivity index (χ4v) is 4.95. The summed E-state index contributed by atoms with van der Waals surface area (Å²) in [5.74, 6) is -0.0921. The SMILES string of the molecule is CC(C)(C)c1ccccc1NC(=O)c1cccc(N2CCCCS2(=O)=O)c1. The van der Waals surface area contributed by atoms with Gasteiger partial charge in [-0.25, -0.2) is 8.42 Å². The van der Waals surface area contributed by atoms with Gasteiger partial charge in [-0.15, -0.1) is 0 Å². The molecule has 0 saturated carbocycles. The summed E-state index contributed by atoms with van der Waals surface area (Å²) in [6, 6.07) is 14.6. The van der Waals surface area contributed by atoms with Crippen LogP contribution in [-0.4, -0.2) is 26.6 Å². The number of benzene rings is 2. The number of nitrogens with one attached hydrogen (secondary N) is 1. The molecular formula is C21H26N2O3S. The average Bonchev–Trinajstić information content (AvgIpc) is 2.61. The van der Waals surface area contributed by atoms with E-state index in [9.17, 15) is 13.2 Å². The Kier molecular flexibility index (Phi) is 5.29. The van der Waals surface area contributed by atoms with Gasteiger partial charge in [-0.05, 0) is 48.1 Å². The van der Waals surface area contributed by atoms with Gasteiger partial charge >= 0.3 is 0 Å². The Morgan fingerprint density at radius 3 is 2.48 bits per heavy atom. The molecule has 27 heavy (non-hydrogen) atoms. The van der Waals surface area contributed by atoms with Crippen molar-refractivity contribution in [3.63, 3.8) is 0 Å².